The van der Waals surface area contributed by atoms with Gasteiger partial charge in [0.15, 0.2) is 0 Å². The van der Waals surface area contributed by atoms with Crippen molar-refractivity contribution in [3.63, 3.8) is 0 Å². The van der Waals surface area contributed by atoms with Crippen LogP contribution in [0.3, 0.4) is 0 Å². The summed E-state index contributed by atoms with van der Waals surface area (Å²) in [6, 6.07) is 9.91. The Kier molecular flexibility index (Phi) is 6.39. The number of oxime groups is 2. The molecular formula is C22H28N4O2. The van der Waals surface area contributed by atoms with Gasteiger partial charge in [-0.15, -0.1) is 0 Å². The molecule has 0 fully saturated rings. The Balaban J connectivity index is 1.54. The van der Waals surface area contributed by atoms with Crippen molar-refractivity contribution in [3.05, 3.63) is 59.2 Å². The first-order valence-corrected chi connectivity index (χ1v) is 9.68. The molecule has 0 radical (unpaired) electrons. The number of aromatic nitrogens is 2. The first-order valence-electron chi connectivity index (χ1n) is 9.68. The van der Waals surface area contributed by atoms with Gasteiger partial charge in [0.1, 0.15) is 24.6 Å². The number of pyridine rings is 2. The van der Waals surface area contributed by atoms with E-state index in [1.807, 2.05) is 32.0 Å². The quantitative estimate of drug-likeness (QED) is 0.530. The van der Waals surface area contributed by atoms with E-state index in [1.165, 1.54) is 5.56 Å². The van der Waals surface area contributed by atoms with Crippen LogP contribution in [-0.2, 0) is 16.1 Å². The summed E-state index contributed by atoms with van der Waals surface area (Å²) < 4.78 is 0. The maximum atomic E-state index is 5.68. The van der Waals surface area contributed by atoms with E-state index in [0.717, 1.165) is 47.8 Å². The van der Waals surface area contributed by atoms with Gasteiger partial charge in [-0.1, -0.05) is 36.3 Å². The molecule has 148 valence electrons. The van der Waals surface area contributed by atoms with Crippen LogP contribution in [0.2, 0.25) is 0 Å². The predicted octanol–water partition coefficient (Wildman–Crippen LogP) is 4.31. The molecule has 0 amide bonds. The van der Waals surface area contributed by atoms with Gasteiger partial charge in [-0.25, -0.2) is 0 Å². The summed E-state index contributed by atoms with van der Waals surface area (Å²) in [6.45, 7) is 8.88. The summed E-state index contributed by atoms with van der Waals surface area (Å²) in [7, 11) is 0. The lowest BCUT2D eigenvalue weighted by Gasteiger charge is -2.22. The van der Waals surface area contributed by atoms with Crippen molar-refractivity contribution < 1.29 is 9.68 Å². The zero-order valence-corrected chi connectivity index (χ0v) is 17.1. The normalized spacial score (nSPS) is 16.0. The van der Waals surface area contributed by atoms with Crippen molar-refractivity contribution in [2.45, 2.75) is 47.0 Å². The van der Waals surface area contributed by atoms with Crippen molar-refractivity contribution >= 4 is 11.4 Å². The molecule has 3 rings (SSSR count). The first-order chi connectivity index (χ1) is 13.4. The Morgan fingerprint density at radius 3 is 2.71 bits per heavy atom. The SMILES string of the molecule is C/C(=N\OCC(C)(C)CO/N=C1\CCCc2ccc(C)nc21)c1ccccn1. The van der Waals surface area contributed by atoms with E-state index in [9.17, 15) is 0 Å². The van der Waals surface area contributed by atoms with Crippen molar-refractivity contribution in [1.29, 1.82) is 0 Å². The second-order valence-corrected chi connectivity index (χ2v) is 7.95. The average molecular weight is 380 g/mol. The minimum Gasteiger partial charge on any atom is -0.395 e. The van der Waals surface area contributed by atoms with Crippen molar-refractivity contribution in [3.8, 4) is 0 Å². The lowest BCUT2D eigenvalue weighted by Crippen LogP contribution is -2.24. The Bertz CT molecular complexity index is 860. The zero-order chi connectivity index (χ0) is 20.0. The van der Waals surface area contributed by atoms with Crippen LogP contribution in [0, 0.1) is 12.3 Å². The molecule has 28 heavy (non-hydrogen) atoms. The molecule has 2 aromatic heterocycles. The Morgan fingerprint density at radius 1 is 1.11 bits per heavy atom. The smallest absolute Gasteiger partial charge is 0.125 e. The van der Waals surface area contributed by atoms with Crippen LogP contribution in [0.1, 0.15) is 56.3 Å². The van der Waals surface area contributed by atoms with Gasteiger partial charge in [0, 0.05) is 17.3 Å². The molecule has 6 heteroatoms. The second kappa shape index (κ2) is 8.95. The van der Waals surface area contributed by atoms with Crippen LogP contribution in [-0.4, -0.2) is 34.6 Å². The van der Waals surface area contributed by atoms with Crippen LogP contribution in [0.25, 0.3) is 0 Å². The van der Waals surface area contributed by atoms with Crippen molar-refractivity contribution in [1.82, 2.24) is 9.97 Å². The minimum absolute atomic E-state index is 0.227. The third kappa shape index (κ3) is 5.38. The molecule has 2 heterocycles. The van der Waals surface area contributed by atoms with Crippen LogP contribution in [0.4, 0.5) is 0 Å². The van der Waals surface area contributed by atoms with Gasteiger partial charge in [0.25, 0.3) is 0 Å². The summed E-state index contributed by atoms with van der Waals surface area (Å²) in [5.41, 5.74) is 5.50. The van der Waals surface area contributed by atoms with E-state index in [0.29, 0.717) is 13.2 Å². The highest BCUT2D eigenvalue weighted by Gasteiger charge is 2.22. The van der Waals surface area contributed by atoms with Crippen LogP contribution < -0.4 is 0 Å². The maximum Gasteiger partial charge on any atom is 0.125 e. The lowest BCUT2D eigenvalue weighted by atomic mass is 9.94. The monoisotopic (exact) mass is 380 g/mol. The molecular weight excluding hydrogens is 352 g/mol. The highest BCUT2D eigenvalue weighted by atomic mass is 16.6. The van der Waals surface area contributed by atoms with Gasteiger partial charge in [0.2, 0.25) is 0 Å². The summed E-state index contributed by atoms with van der Waals surface area (Å²) in [5.74, 6) is 0. The number of fused-ring (bicyclic) bond motifs is 1. The van der Waals surface area contributed by atoms with E-state index in [-0.39, 0.29) is 5.41 Å². The summed E-state index contributed by atoms with van der Waals surface area (Å²) >= 11 is 0. The van der Waals surface area contributed by atoms with Gasteiger partial charge < -0.3 is 9.68 Å². The van der Waals surface area contributed by atoms with Gasteiger partial charge in [-0.3, -0.25) is 9.97 Å². The number of hydrogen-bond donors (Lipinski definition) is 0. The molecule has 0 bridgehead atoms. The number of nitrogens with zero attached hydrogens (tertiary/aromatic N) is 4. The summed E-state index contributed by atoms with van der Waals surface area (Å²) in [5, 5.41) is 8.56. The standard InChI is InChI=1S/C22H28N4O2/c1-16-11-12-18-8-7-10-20(21(18)24-16)26-28-15-22(3,4)14-27-25-17(2)19-9-5-6-13-23-19/h5-6,9,11-13H,7-8,10,14-15H2,1-4H3/b25-17+,26-20+. The molecule has 0 unspecified atom stereocenters. The minimum atomic E-state index is -0.227. The largest absolute Gasteiger partial charge is 0.395 e. The van der Waals surface area contributed by atoms with E-state index >= 15 is 0 Å². The number of aryl methyl sites for hydroxylation is 2. The predicted molar refractivity (Wildman–Crippen MR) is 111 cm³/mol. The molecule has 0 aliphatic heterocycles. The Morgan fingerprint density at radius 2 is 1.93 bits per heavy atom. The maximum absolute atomic E-state index is 5.68. The molecule has 0 aromatic carbocycles. The molecule has 1 aliphatic rings. The fourth-order valence-corrected chi connectivity index (χ4v) is 2.94. The van der Waals surface area contributed by atoms with Crippen LogP contribution in [0.5, 0.6) is 0 Å². The lowest BCUT2D eigenvalue weighted by molar-refractivity contribution is -0.000158. The highest BCUT2D eigenvalue weighted by Crippen LogP contribution is 2.22. The number of hydrogen-bond acceptors (Lipinski definition) is 6. The van der Waals surface area contributed by atoms with E-state index < -0.39 is 0 Å². The number of rotatable bonds is 7. The van der Waals surface area contributed by atoms with Gasteiger partial charge in [0.05, 0.1) is 11.4 Å². The van der Waals surface area contributed by atoms with Crippen molar-refractivity contribution in [2.24, 2.45) is 15.7 Å². The second-order valence-electron chi connectivity index (χ2n) is 7.95. The Labute approximate surface area is 166 Å². The molecule has 1 aliphatic carbocycles. The fraction of sp³-hybridized carbons (Fsp3) is 0.455. The van der Waals surface area contributed by atoms with E-state index in [1.54, 1.807) is 6.20 Å². The van der Waals surface area contributed by atoms with E-state index in [4.69, 9.17) is 9.68 Å². The molecule has 0 spiro atoms. The third-order valence-electron chi connectivity index (χ3n) is 4.57. The van der Waals surface area contributed by atoms with Gasteiger partial charge >= 0.3 is 0 Å². The summed E-state index contributed by atoms with van der Waals surface area (Å²) in [4.78, 5) is 20.1. The molecule has 0 saturated heterocycles. The molecule has 2 aromatic rings. The highest BCUT2D eigenvalue weighted by molar-refractivity contribution is 6.00. The first kappa shape index (κ1) is 20.0. The van der Waals surface area contributed by atoms with Crippen LogP contribution in [0.15, 0.2) is 46.8 Å². The fourth-order valence-electron chi connectivity index (χ4n) is 2.94. The average Bonchev–Trinajstić information content (AvgIpc) is 2.68. The third-order valence-corrected chi connectivity index (χ3v) is 4.57. The van der Waals surface area contributed by atoms with Gasteiger partial charge in [-0.05, 0) is 56.9 Å². The van der Waals surface area contributed by atoms with Gasteiger partial charge in [-0.2, -0.15) is 0 Å². The zero-order valence-electron chi connectivity index (χ0n) is 17.1. The Hall–Kier alpha value is -2.76. The van der Waals surface area contributed by atoms with Crippen molar-refractivity contribution in [2.75, 3.05) is 13.2 Å². The topological polar surface area (TPSA) is 69.0 Å². The molecule has 6 nitrogen and oxygen atoms in total. The van der Waals surface area contributed by atoms with Crippen LogP contribution >= 0.6 is 0 Å². The molecule has 0 N–H and O–H groups in total. The molecule has 0 atom stereocenters. The molecule has 0 saturated carbocycles. The summed E-state index contributed by atoms with van der Waals surface area (Å²) in [6.07, 6.45) is 4.77. The van der Waals surface area contributed by atoms with E-state index in [2.05, 4.69) is 46.3 Å².